The minimum absolute atomic E-state index is 0.0163. The van der Waals surface area contributed by atoms with Crippen LogP contribution in [-0.4, -0.2) is 59.7 Å². The van der Waals surface area contributed by atoms with Gasteiger partial charge in [-0.1, -0.05) is 30.3 Å². The molecule has 1 aliphatic rings. The third-order valence-electron chi connectivity index (χ3n) is 3.63. The fourth-order valence-electron chi connectivity index (χ4n) is 2.42. The zero-order valence-electron chi connectivity index (χ0n) is 12.1. The number of nitrogens with zero attached hydrogens (tertiary/aromatic N) is 2. The van der Waals surface area contributed by atoms with Crippen molar-refractivity contribution < 1.29 is 19.4 Å². The number of ether oxygens (including phenoxy) is 1. The zero-order valence-corrected chi connectivity index (χ0v) is 12.1. The molecule has 1 atom stereocenters. The Morgan fingerprint density at radius 3 is 2.76 bits per heavy atom. The Kier molecular flexibility index (Phi) is 5.16. The number of carbonyl (C=O) groups excluding carboxylic acids is 1. The van der Waals surface area contributed by atoms with Crippen molar-refractivity contribution in [2.75, 3.05) is 26.7 Å². The number of rotatable bonds is 5. The van der Waals surface area contributed by atoms with Crippen LogP contribution in [0.5, 0.6) is 0 Å². The summed E-state index contributed by atoms with van der Waals surface area (Å²) < 4.78 is 5.27. The van der Waals surface area contributed by atoms with Crippen LogP contribution in [0.15, 0.2) is 30.3 Å². The molecular weight excluding hydrogens is 272 g/mol. The predicted molar refractivity (Wildman–Crippen MR) is 76.9 cm³/mol. The van der Waals surface area contributed by atoms with Gasteiger partial charge in [-0.05, 0) is 19.0 Å². The molecule has 6 heteroatoms. The van der Waals surface area contributed by atoms with Crippen molar-refractivity contribution in [2.24, 2.45) is 0 Å². The van der Waals surface area contributed by atoms with Crippen molar-refractivity contribution in [2.45, 2.75) is 19.1 Å². The molecule has 0 saturated carbocycles. The summed E-state index contributed by atoms with van der Waals surface area (Å²) in [5.74, 6) is -0.859. The topological polar surface area (TPSA) is 70.1 Å². The van der Waals surface area contributed by atoms with Gasteiger partial charge < -0.3 is 14.7 Å². The second-order valence-corrected chi connectivity index (χ2v) is 5.24. The molecule has 2 rings (SSSR count). The summed E-state index contributed by atoms with van der Waals surface area (Å²) in [5.41, 5.74) is 0.949. The molecule has 1 unspecified atom stereocenters. The van der Waals surface area contributed by atoms with Gasteiger partial charge >= 0.3 is 12.1 Å². The first-order valence-corrected chi connectivity index (χ1v) is 6.94. The molecule has 1 aromatic carbocycles. The number of hydrogen-bond acceptors (Lipinski definition) is 4. The van der Waals surface area contributed by atoms with E-state index in [9.17, 15) is 9.59 Å². The second-order valence-electron chi connectivity index (χ2n) is 5.24. The monoisotopic (exact) mass is 292 g/mol. The van der Waals surface area contributed by atoms with Crippen LogP contribution >= 0.6 is 0 Å². The summed E-state index contributed by atoms with van der Waals surface area (Å²) in [6, 6.07) is 9.59. The van der Waals surface area contributed by atoms with E-state index in [0.29, 0.717) is 13.1 Å². The first-order chi connectivity index (χ1) is 10.1. The fraction of sp³-hybridized carbons (Fsp3) is 0.467. The minimum atomic E-state index is -0.859. The van der Waals surface area contributed by atoms with Crippen molar-refractivity contribution in [3.05, 3.63) is 35.9 Å². The lowest BCUT2D eigenvalue weighted by Gasteiger charge is -2.22. The molecule has 1 amide bonds. The first kappa shape index (κ1) is 15.3. The van der Waals surface area contributed by atoms with Crippen LogP contribution < -0.4 is 0 Å². The van der Waals surface area contributed by atoms with Gasteiger partial charge in [0, 0.05) is 19.1 Å². The van der Waals surface area contributed by atoms with Crippen molar-refractivity contribution in [3.8, 4) is 0 Å². The van der Waals surface area contributed by atoms with Crippen molar-refractivity contribution in [1.29, 1.82) is 0 Å². The molecule has 0 aliphatic carbocycles. The zero-order chi connectivity index (χ0) is 15.2. The number of hydrogen-bond donors (Lipinski definition) is 1. The molecule has 0 bridgehead atoms. The van der Waals surface area contributed by atoms with Gasteiger partial charge in [-0.3, -0.25) is 9.69 Å². The number of benzene rings is 1. The lowest BCUT2D eigenvalue weighted by atomic mass is 10.2. The van der Waals surface area contributed by atoms with Crippen LogP contribution in [0, 0.1) is 0 Å². The predicted octanol–water partition coefficient (Wildman–Crippen LogP) is 1.41. The van der Waals surface area contributed by atoms with Gasteiger partial charge in [-0.25, -0.2) is 4.79 Å². The lowest BCUT2D eigenvalue weighted by Crippen LogP contribution is -2.39. The van der Waals surface area contributed by atoms with Crippen molar-refractivity contribution in [3.63, 3.8) is 0 Å². The number of carbonyl (C=O) groups is 2. The van der Waals surface area contributed by atoms with Gasteiger partial charge in [-0.2, -0.15) is 0 Å². The van der Waals surface area contributed by atoms with Crippen LogP contribution in [0.1, 0.15) is 12.0 Å². The molecule has 1 saturated heterocycles. The van der Waals surface area contributed by atoms with Crippen LogP contribution in [0.4, 0.5) is 4.79 Å². The number of amides is 1. The Morgan fingerprint density at radius 1 is 1.38 bits per heavy atom. The van der Waals surface area contributed by atoms with Crippen molar-refractivity contribution >= 4 is 12.1 Å². The maximum absolute atomic E-state index is 12.0. The van der Waals surface area contributed by atoms with Gasteiger partial charge in [0.15, 0.2) is 0 Å². The number of aliphatic carboxylic acids is 1. The third-order valence-corrected chi connectivity index (χ3v) is 3.63. The fourth-order valence-corrected chi connectivity index (χ4v) is 2.42. The largest absolute Gasteiger partial charge is 0.480 e. The van der Waals surface area contributed by atoms with Gasteiger partial charge in [-0.15, -0.1) is 0 Å². The van der Waals surface area contributed by atoms with E-state index in [0.717, 1.165) is 12.0 Å². The number of carboxylic acid groups (broad SMARTS) is 1. The summed E-state index contributed by atoms with van der Waals surface area (Å²) >= 11 is 0. The Labute approximate surface area is 123 Å². The van der Waals surface area contributed by atoms with Gasteiger partial charge in [0.1, 0.15) is 6.61 Å². The van der Waals surface area contributed by atoms with Crippen LogP contribution in [-0.2, 0) is 16.1 Å². The van der Waals surface area contributed by atoms with E-state index in [2.05, 4.69) is 0 Å². The van der Waals surface area contributed by atoms with Crippen LogP contribution in [0.25, 0.3) is 0 Å². The Morgan fingerprint density at radius 2 is 2.10 bits per heavy atom. The minimum Gasteiger partial charge on any atom is -0.480 e. The van der Waals surface area contributed by atoms with E-state index in [-0.39, 0.29) is 25.3 Å². The summed E-state index contributed by atoms with van der Waals surface area (Å²) in [6.07, 6.45) is 0.426. The van der Waals surface area contributed by atoms with E-state index in [1.807, 2.05) is 30.3 Å². The molecule has 0 radical (unpaired) electrons. The van der Waals surface area contributed by atoms with E-state index in [1.165, 1.54) is 0 Å². The molecule has 1 heterocycles. The molecule has 1 fully saturated rings. The van der Waals surface area contributed by atoms with Gasteiger partial charge in [0.25, 0.3) is 0 Å². The quantitative estimate of drug-likeness (QED) is 0.888. The molecular formula is C15H20N2O4. The average Bonchev–Trinajstić information content (AvgIpc) is 2.95. The second kappa shape index (κ2) is 7.08. The Bertz CT molecular complexity index is 492. The summed E-state index contributed by atoms with van der Waals surface area (Å²) in [7, 11) is 1.76. The highest BCUT2D eigenvalue weighted by Crippen LogP contribution is 2.15. The molecule has 1 N–H and O–H groups in total. The number of likely N-dealkylation sites (tertiary alicyclic amines) is 1. The highest BCUT2D eigenvalue weighted by atomic mass is 16.6. The average molecular weight is 292 g/mol. The molecule has 1 aliphatic heterocycles. The molecule has 21 heavy (non-hydrogen) atoms. The first-order valence-electron chi connectivity index (χ1n) is 6.94. The summed E-state index contributed by atoms with van der Waals surface area (Å²) in [5, 5.41) is 8.78. The highest BCUT2D eigenvalue weighted by Gasteiger charge is 2.30. The number of carboxylic acids is 1. The van der Waals surface area contributed by atoms with Crippen molar-refractivity contribution in [1.82, 2.24) is 9.80 Å². The SMILES string of the molecule is CN(CC(=O)O)C1CCN(C(=O)OCc2ccccc2)C1. The number of likely N-dealkylation sites (N-methyl/N-ethyl adjacent to an activating group) is 1. The van der Waals surface area contributed by atoms with Gasteiger partial charge in [0.05, 0.1) is 6.54 Å². The smallest absolute Gasteiger partial charge is 0.410 e. The van der Waals surface area contributed by atoms with E-state index in [1.54, 1.807) is 16.8 Å². The maximum atomic E-state index is 12.0. The normalized spacial score (nSPS) is 18.0. The molecule has 6 nitrogen and oxygen atoms in total. The molecule has 0 spiro atoms. The van der Waals surface area contributed by atoms with Gasteiger partial charge in [0.2, 0.25) is 0 Å². The molecule has 0 aromatic heterocycles. The Hall–Kier alpha value is -2.08. The Balaban J connectivity index is 1.78. The van der Waals surface area contributed by atoms with Crippen LogP contribution in [0.2, 0.25) is 0 Å². The molecule has 114 valence electrons. The highest BCUT2D eigenvalue weighted by molar-refractivity contribution is 5.69. The maximum Gasteiger partial charge on any atom is 0.410 e. The third kappa shape index (κ3) is 4.46. The lowest BCUT2D eigenvalue weighted by molar-refractivity contribution is -0.138. The summed E-state index contributed by atoms with van der Waals surface area (Å²) in [6.45, 7) is 1.35. The van der Waals surface area contributed by atoms with Crippen LogP contribution in [0.3, 0.4) is 0 Å². The van der Waals surface area contributed by atoms with E-state index in [4.69, 9.17) is 9.84 Å². The van der Waals surface area contributed by atoms with E-state index >= 15 is 0 Å². The molecule has 1 aromatic rings. The summed E-state index contributed by atoms with van der Waals surface area (Å²) in [4.78, 5) is 26.1. The van der Waals surface area contributed by atoms with E-state index < -0.39 is 5.97 Å². The standard InChI is InChI=1S/C15H20N2O4/c1-16(10-14(18)19)13-7-8-17(9-13)15(20)21-11-12-5-3-2-4-6-12/h2-6,13H,7-11H2,1H3,(H,18,19).